The van der Waals surface area contributed by atoms with Crippen molar-refractivity contribution in [2.75, 3.05) is 0 Å². The lowest BCUT2D eigenvalue weighted by molar-refractivity contribution is -0.136. The second kappa shape index (κ2) is 9.59. The zero-order valence-corrected chi connectivity index (χ0v) is 20.8. The van der Waals surface area contributed by atoms with E-state index in [9.17, 15) is 14.4 Å². The van der Waals surface area contributed by atoms with Crippen molar-refractivity contribution in [2.45, 2.75) is 32.0 Å². The molecule has 1 atom stereocenters. The maximum atomic E-state index is 13.1. The van der Waals surface area contributed by atoms with Crippen LogP contribution in [0.3, 0.4) is 0 Å². The van der Waals surface area contributed by atoms with Crippen molar-refractivity contribution >= 4 is 17.7 Å². The third kappa shape index (κ3) is 4.32. The van der Waals surface area contributed by atoms with Crippen LogP contribution in [0.15, 0.2) is 73.3 Å². The highest BCUT2D eigenvalue weighted by Gasteiger charge is 2.39. The highest BCUT2D eigenvalue weighted by Crippen LogP contribution is 2.35. The number of imidazole rings is 1. The van der Waals surface area contributed by atoms with Gasteiger partial charge in [-0.2, -0.15) is 0 Å². The fraction of sp³-hybridized carbons (Fsp3) is 0.207. The minimum absolute atomic E-state index is 0.199. The van der Waals surface area contributed by atoms with Crippen LogP contribution in [-0.4, -0.2) is 43.2 Å². The quantitative estimate of drug-likeness (QED) is 0.401. The highest BCUT2D eigenvalue weighted by atomic mass is 16.5. The van der Waals surface area contributed by atoms with Crippen LogP contribution in [0, 0.1) is 0 Å². The van der Waals surface area contributed by atoms with Crippen LogP contribution in [0.1, 0.15) is 34.3 Å². The summed E-state index contributed by atoms with van der Waals surface area (Å²) in [5.41, 5.74) is 5.79. The molecule has 190 valence electrons. The molecule has 4 heterocycles. The lowest BCUT2D eigenvalue weighted by atomic mass is 10.0. The number of nitrogens with zero attached hydrogens (tertiary/aromatic N) is 4. The molecule has 1 N–H and O–H groups in total. The number of rotatable bonds is 6. The Labute approximate surface area is 219 Å². The van der Waals surface area contributed by atoms with Gasteiger partial charge in [-0.15, -0.1) is 0 Å². The summed E-state index contributed by atoms with van der Waals surface area (Å²) < 4.78 is 7.92. The Morgan fingerprint density at radius 1 is 1.03 bits per heavy atom. The summed E-state index contributed by atoms with van der Waals surface area (Å²) in [6.07, 6.45) is 5.76. The molecule has 2 aliphatic rings. The summed E-state index contributed by atoms with van der Waals surface area (Å²) >= 11 is 0. The number of carbonyl (C=O) groups excluding carboxylic acids is 3. The van der Waals surface area contributed by atoms with Gasteiger partial charge in [0.1, 0.15) is 18.4 Å². The number of benzene rings is 2. The molecule has 38 heavy (non-hydrogen) atoms. The van der Waals surface area contributed by atoms with E-state index in [1.807, 2.05) is 60.1 Å². The van der Waals surface area contributed by atoms with Crippen molar-refractivity contribution in [3.05, 3.63) is 90.0 Å². The van der Waals surface area contributed by atoms with Crippen molar-refractivity contribution < 1.29 is 19.1 Å². The zero-order valence-electron chi connectivity index (χ0n) is 20.8. The van der Waals surface area contributed by atoms with Gasteiger partial charge in [-0.3, -0.25) is 24.7 Å². The lowest BCUT2D eigenvalue weighted by Gasteiger charge is -2.29. The third-order valence-electron chi connectivity index (χ3n) is 6.97. The van der Waals surface area contributed by atoms with Gasteiger partial charge in [0, 0.05) is 42.9 Å². The van der Waals surface area contributed by atoms with Crippen molar-refractivity contribution in [1.82, 2.24) is 24.8 Å². The van der Waals surface area contributed by atoms with Crippen LogP contribution in [0.2, 0.25) is 0 Å². The number of piperidine rings is 1. The first-order valence-electron chi connectivity index (χ1n) is 12.4. The van der Waals surface area contributed by atoms with Gasteiger partial charge in [0.25, 0.3) is 5.91 Å². The van der Waals surface area contributed by atoms with Gasteiger partial charge in [-0.05, 0) is 35.7 Å². The van der Waals surface area contributed by atoms with E-state index >= 15 is 0 Å². The van der Waals surface area contributed by atoms with Gasteiger partial charge in [0.15, 0.2) is 0 Å². The molecule has 6 rings (SSSR count). The Balaban J connectivity index is 1.27. The summed E-state index contributed by atoms with van der Waals surface area (Å²) in [4.78, 5) is 47.6. The van der Waals surface area contributed by atoms with Crippen LogP contribution in [0.5, 0.6) is 5.75 Å². The van der Waals surface area contributed by atoms with Gasteiger partial charge >= 0.3 is 0 Å². The van der Waals surface area contributed by atoms with Crippen molar-refractivity contribution in [1.29, 1.82) is 0 Å². The molecule has 9 heteroatoms. The zero-order chi connectivity index (χ0) is 26.2. The Morgan fingerprint density at radius 2 is 1.87 bits per heavy atom. The molecule has 2 aromatic heterocycles. The number of imide groups is 1. The third-order valence-corrected chi connectivity index (χ3v) is 6.97. The van der Waals surface area contributed by atoms with Gasteiger partial charge < -0.3 is 14.2 Å². The van der Waals surface area contributed by atoms with Crippen LogP contribution < -0.4 is 10.1 Å². The van der Waals surface area contributed by atoms with E-state index in [1.54, 1.807) is 29.7 Å². The topological polar surface area (TPSA) is 106 Å². The molecule has 9 nitrogen and oxygen atoms in total. The normalized spacial score (nSPS) is 16.9. The Morgan fingerprint density at radius 3 is 2.68 bits per heavy atom. The fourth-order valence-electron chi connectivity index (χ4n) is 5.07. The molecule has 0 bridgehead atoms. The first kappa shape index (κ1) is 23.6. The van der Waals surface area contributed by atoms with Gasteiger partial charge in [0.05, 0.1) is 23.9 Å². The smallest absolute Gasteiger partial charge is 0.255 e. The number of aryl methyl sites for hydroxylation is 1. The fourth-order valence-corrected chi connectivity index (χ4v) is 5.07. The average molecular weight is 508 g/mol. The average Bonchev–Trinajstić information content (AvgIpc) is 3.47. The molecule has 3 amide bonds. The van der Waals surface area contributed by atoms with Crippen LogP contribution >= 0.6 is 0 Å². The van der Waals surface area contributed by atoms with E-state index in [1.165, 1.54) is 0 Å². The summed E-state index contributed by atoms with van der Waals surface area (Å²) in [7, 11) is 1.92. The van der Waals surface area contributed by atoms with E-state index in [0.717, 1.165) is 33.6 Å². The number of nitrogens with one attached hydrogen (secondary N) is 1. The van der Waals surface area contributed by atoms with Crippen LogP contribution in [0.25, 0.3) is 22.5 Å². The van der Waals surface area contributed by atoms with Gasteiger partial charge in [-0.25, -0.2) is 4.98 Å². The summed E-state index contributed by atoms with van der Waals surface area (Å²) in [6.45, 7) is 0.744. The van der Waals surface area contributed by atoms with E-state index in [-0.39, 0.29) is 18.2 Å². The van der Waals surface area contributed by atoms with E-state index < -0.39 is 11.9 Å². The largest absolute Gasteiger partial charge is 0.487 e. The van der Waals surface area contributed by atoms with Gasteiger partial charge in [-0.1, -0.05) is 36.4 Å². The predicted molar refractivity (Wildman–Crippen MR) is 139 cm³/mol. The molecule has 0 aliphatic carbocycles. The standard InChI is InChI=1S/C29H25N5O4/c1-33-17-31-26(27(33)20-12-22(14-30-13-20)38-16-18-5-3-2-4-6-18)19-7-8-23-21(11-19)15-34(29(23)37)24-9-10-25(35)32-28(24)36/h2-8,11-14,17,24H,9-10,15-16H2,1H3,(H,32,35,36)/t24-/m0/s1. The maximum absolute atomic E-state index is 13.1. The Kier molecular flexibility index (Phi) is 5.95. The molecule has 0 radical (unpaired) electrons. The first-order valence-corrected chi connectivity index (χ1v) is 12.4. The Hall–Kier alpha value is -4.79. The maximum Gasteiger partial charge on any atom is 0.255 e. The number of hydrogen-bond acceptors (Lipinski definition) is 6. The van der Waals surface area contributed by atoms with Crippen LogP contribution in [0.4, 0.5) is 0 Å². The molecule has 0 saturated carbocycles. The number of carbonyl (C=O) groups is 3. The minimum Gasteiger partial charge on any atom is -0.487 e. The summed E-state index contributed by atoms with van der Waals surface area (Å²) in [5.74, 6) is -0.270. The van der Waals surface area contributed by atoms with E-state index in [4.69, 9.17) is 4.74 Å². The number of hydrogen-bond donors (Lipinski definition) is 1. The van der Waals surface area contributed by atoms with Crippen molar-refractivity contribution in [2.24, 2.45) is 7.05 Å². The summed E-state index contributed by atoms with van der Waals surface area (Å²) in [5, 5.41) is 2.34. The first-order chi connectivity index (χ1) is 18.5. The highest BCUT2D eigenvalue weighted by molar-refractivity contribution is 6.05. The van der Waals surface area contributed by atoms with Crippen molar-refractivity contribution in [3.8, 4) is 28.3 Å². The number of pyridine rings is 1. The lowest BCUT2D eigenvalue weighted by Crippen LogP contribution is -2.52. The molecule has 2 aromatic carbocycles. The molecule has 4 aromatic rings. The monoisotopic (exact) mass is 507 g/mol. The molecule has 0 spiro atoms. The molecule has 1 fully saturated rings. The molecule has 2 aliphatic heterocycles. The van der Waals surface area contributed by atoms with Crippen molar-refractivity contribution in [3.63, 3.8) is 0 Å². The minimum atomic E-state index is -0.647. The molecular weight excluding hydrogens is 482 g/mol. The number of ether oxygens (including phenoxy) is 1. The van der Waals surface area contributed by atoms with Gasteiger partial charge in [0.2, 0.25) is 11.8 Å². The second-order valence-corrected chi connectivity index (χ2v) is 9.51. The number of fused-ring (bicyclic) bond motifs is 1. The SMILES string of the molecule is Cn1cnc(-c2ccc3c(c2)CN([C@H]2CCC(=O)NC2=O)C3=O)c1-c1cncc(OCc2ccccc2)c1. The predicted octanol–water partition coefficient (Wildman–Crippen LogP) is 3.49. The Bertz CT molecular complexity index is 1560. The second-order valence-electron chi connectivity index (χ2n) is 9.51. The summed E-state index contributed by atoms with van der Waals surface area (Å²) in [6, 6.07) is 16.9. The van der Waals surface area contributed by atoms with E-state index in [2.05, 4.69) is 15.3 Å². The van der Waals surface area contributed by atoms with E-state index in [0.29, 0.717) is 30.9 Å². The molecule has 1 saturated heterocycles. The molecule has 0 unspecified atom stereocenters. The van der Waals surface area contributed by atoms with Crippen LogP contribution in [-0.2, 0) is 29.8 Å². The molecular formula is C29H25N5O4. The number of aromatic nitrogens is 3. The number of amides is 3.